The molecule has 2 aromatic carbocycles. The van der Waals surface area contributed by atoms with Gasteiger partial charge in [0.05, 0.1) is 16.3 Å². The van der Waals surface area contributed by atoms with Gasteiger partial charge in [-0.3, -0.25) is 9.69 Å². The lowest BCUT2D eigenvalue weighted by Crippen LogP contribution is -2.26. The van der Waals surface area contributed by atoms with E-state index in [0.29, 0.717) is 20.6 Å². The predicted molar refractivity (Wildman–Crippen MR) is 108 cm³/mol. The van der Waals surface area contributed by atoms with E-state index in [0.717, 1.165) is 11.3 Å². The van der Waals surface area contributed by atoms with E-state index in [1.807, 2.05) is 0 Å². The number of carboxylic acids is 1. The van der Waals surface area contributed by atoms with Crippen molar-refractivity contribution in [2.24, 2.45) is 0 Å². The van der Waals surface area contributed by atoms with E-state index in [1.165, 1.54) is 17.0 Å². The van der Waals surface area contributed by atoms with Crippen LogP contribution in [0.3, 0.4) is 0 Å². The molecule has 0 atom stereocenters. The van der Waals surface area contributed by atoms with Crippen molar-refractivity contribution in [3.63, 3.8) is 0 Å². The third kappa shape index (κ3) is 4.09. The van der Waals surface area contributed by atoms with Crippen molar-refractivity contribution in [2.75, 3.05) is 4.90 Å². The van der Waals surface area contributed by atoms with Crippen molar-refractivity contribution in [1.82, 2.24) is 4.98 Å². The Morgan fingerprint density at radius 1 is 1.04 bits per heavy atom. The summed E-state index contributed by atoms with van der Waals surface area (Å²) in [5.41, 5.74) is 0.575. The highest BCUT2D eigenvalue weighted by Crippen LogP contribution is 2.35. The van der Waals surface area contributed by atoms with Gasteiger partial charge in [-0.25, -0.2) is 9.78 Å². The number of anilines is 2. The number of nitrogens with zero attached hydrogens (tertiary/aromatic N) is 2. The Bertz CT molecular complexity index is 1030. The highest BCUT2D eigenvalue weighted by Gasteiger charge is 2.27. The first-order valence-electron chi connectivity index (χ1n) is 7.53. The van der Waals surface area contributed by atoms with Crippen LogP contribution < -0.4 is 4.90 Å². The van der Waals surface area contributed by atoms with Crippen molar-refractivity contribution in [1.29, 1.82) is 0 Å². The number of carboxylic acid groups (broad SMARTS) is 1. The molecule has 5 nitrogen and oxygen atoms in total. The molecule has 0 aliphatic heterocycles. The van der Waals surface area contributed by atoms with Crippen molar-refractivity contribution in [3.8, 4) is 0 Å². The standard InChI is InChI=1S/C18H11Cl3N2O3S/c1-9-15(17(25)26)22-18(27-9)23(12-5-2-10(19)3-6-12)16(24)13-7-4-11(20)8-14(13)21/h2-8H,1H3,(H,25,26). The van der Waals surface area contributed by atoms with Gasteiger partial charge < -0.3 is 5.11 Å². The van der Waals surface area contributed by atoms with Crippen LogP contribution in [0, 0.1) is 6.92 Å². The molecule has 27 heavy (non-hydrogen) atoms. The molecule has 138 valence electrons. The molecule has 9 heteroatoms. The fraction of sp³-hybridized carbons (Fsp3) is 0.0556. The number of benzene rings is 2. The molecular formula is C18H11Cl3N2O3S. The monoisotopic (exact) mass is 440 g/mol. The predicted octanol–water partition coefficient (Wildman–Crippen LogP) is 6.09. The summed E-state index contributed by atoms with van der Waals surface area (Å²) < 4.78 is 0. The summed E-state index contributed by atoms with van der Waals surface area (Å²) in [5, 5.41) is 10.6. The first-order chi connectivity index (χ1) is 12.8. The topological polar surface area (TPSA) is 70.5 Å². The quantitative estimate of drug-likeness (QED) is 0.532. The number of aromatic carboxylic acids is 1. The maximum atomic E-state index is 13.2. The van der Waals surface area contributed by atoms with Gasteiger partial charge in [0.2, 0.25) is 0 Å². The molecule has 1 heterocycles. The van der Waals surface area contributed by atoms with Crippen molar-refractivity contribution < 1.29 is 14.7 Å². The number of carbonyl (C=O) groups excluding carboxylic acids is 1. The average Bonchev–Trinajstić information content (AvgIpc) is 2.98. The van der Waals surface area contributed by atoms with E-state index in [9.17, 15) is 14.7 Å². The molecule has 0 bridgehead atoms. The summed E-state index contributed by atoms with van der Waals surface area (Å²) in [6.45, 7) is 1.63. The molecule has 0 saturated heterocycles. The second-order valence-electron chi connectivity index (χ2n) is 5.45. The number of aryl methyl sites for hydroxylation is 1. The van der Waals surface area contributed by atoms with Crippen LogP contribution in [0.2, 0.25) is 15.1 Å². The second kappa shape index (κ2) is 7.86. The zero-order valence-electron chi connectivity index (χ0n) is 13.7. The van der Waals surface area contributed by atoms with Gasteiger partial charge in [0.1, 0.15) is 0 Å². The van der Waals surface area contributed by atoms with Crippen LogP contribution in [0.1, 0.15) is 25.7 Å². The number of aromatic nitrogens is 1. The summed E-state index contributed by atoms with van der Waals surface area (Å²) in [6, 6.07) is 11.1. The van der Waals surface area contributed by atoms with Crippen molar-refractivity contribution >= 4 is 68.8 Å². The lowest BCUT2D eigenvalue weighted by atomic mass is 10.2. The van der Waals surface area contributed by atoms with E-state index in [-0.39, 0.29) is 21.4 Å². The third-order valence-electron chi connectivity index (χ3n) is 3.63. The van der Waals surface area contributed by atoms with Gasteiger partial charge in [0.25, 0.3) is 5.91 Å². The second-order valence-corrected chi connectivity index (χ2v) is 7.91. The van der Waals surface area contributed by atoms with Crippen LogP contribution in [0.15, 0.2) is 42.5 Å². The molecule has 0 spiro atoms. The lowest BCUT2D eigenvalue weighted by Gasteiger charge is -2.21. The van der Waals surface area contributed by atoms with Gasteiger partial charge in [0.15, 0.2) is 10.8 Å². The van der Waals surface area contributed by atoms with Crippen LogP contribution in [0.25, 0.3) is 0 Å². The molecule has 1 N–H and O–H groups in total. The van der Waals surface area contributed by atoms with Crippen LogP contribution in [-0.2, 0) is 0 Å². The van der Waals surface area contributed by atoms with Gasteiger partial charge in [0, 0.05) is 14.9 Å². The Kier molecular flexibility index (Phi) is 5.72. The van der Waals surface area contributed by atoms with Gasteiger partial charge in [-0.15, -0.1) is 11.3 Å². The molecule has 1 aromatic heterocycles. The summed E-state index contributed by atoms with van der Waals surface area (Å²) in [7, 11) is 0. The van der Waals surface area contributed by atoms with E-state index < -0.39 is 11.9 Å². The minimum Gasteiger partial charge on any atom is -0.476 e. The largest absolute Gasteiger partial charge is 0.476 e. The Hall–Kier alpha value is -2.12. The Balaban J connectivity index is 2.15. The molecular weight excluding hydrogens is 431 g/mol. The van der Waals surface area contributed by atoms with Gasteiger partial charge in [-0.05, 0) is 49.4 Å². The first kappa shape index (κ1) is 19.6. The van der Waals surface area contributed by atoms with E-state index in [1.54, 1.807) is 37.3 Å². The summed E-state index contributed by atoms with van der Waals surface area (Å²) in [6.07, 6.45) is 0. The number of amides is 1. The molecule has 0 aliphatic rings. The number of thiazole rings is 1. The van der Waals surface area contributed by atoms with Gasteiger partial charge in [-0.2, -0.15) is 0 Å². The average molecular weight is 442 g/mol. The maximum absolute atomic E-state index is 13.2. The maximum Gasteiger partial charge on any atom is 0.355 e. The van der Waals surface area contributed by atoms with Gasteiger partial charge in [-0.1, -0.05) is 34.8 Å². The lowest BCUT2D eigenvalue weighted by molar-refractivity contribution is 0.0690. The fourth-order valence-corrected chi connectivity index (χ4v) is 3.90. The third-order valence-corrected chi connectivity index (χ3v) is 5.38. The van der Waals surface area contributed by atoms with Crippen LogP contribution in [0.4, 0.5) is 10.8 Å². The van der Waals surface area contributed by atoms with Crippen molar-refractivity contribution in [3.05, 3.63) is 73.7 Å². The molecule has 0 aliphatic carbocycles. The number of rotatable bonds is 4. The fourth-order valence-electron chi connectivity index (χ4n) is 2.36. The molecule has 0 unspecified atom stereocenters. The van der Waals surface area contributed by atoms with E-state index in [2.05, 4.69) is 4.98 Å². The Labute approximate surface area is 173 Å². The zero-order valence-corrected chi connectivity index (χ0v) is 16.8. The highest BCUT2D eigenvalue weighted by molar-refractivity contribution is 7.16. The molecule has 0 saturated carbocycles. The number of hydrogen-bond donors (Lipinski definition) is 1. The molecule has 0 radical (unpaired) electrons. The van der Waals surface area contributed by atoms with Crippen LogP contribution in [-0.4, -0.2) is 22.0 Å². The molecule has 3 rings (SSSR count). The van der Waals surface area contributed by atoms with Crippen LogP contribution >= 0.6 is 46.1 Å². The van der Waals surface area contributed by atoms with E-state index >= 15 is 0 Å². The van der Waals surface area contributed by atoms with Gasteiger partial charge >= 0.3 is 5.97 Å². The van der Waals surface area contributed by atoms with Crippen molar-refractivity contribution in [2.45, 2.75) is 6.92 Å². The summed E-state index contributed by atoms with van der Waals surface area (Å²) in [4.78, 5) is 30.5. The Morgan fingerprint density at radius 2 is 1.67 bits per heavy atom. The normalized spacial score (nSPS) is 10.7. The smallest absolute Gasteiger partial charge is 0.355 e. The number of carbonyl (C=O) groups is 2. The minimum atomic E-state index is -1.16. The first-order valence-corrected chi connectivity index (χ1v) is 9.48. The zero-order chi connectivity index (χ0) is 19.7. The minimum absolute atomic E-state index is 0.107. The number of hydrogen-bond acceptors (Lipinski definition) is 4. The SMILES string of the molecule is Cc1sc(N(C(=O)c2ccc(Cl)cc2Cl)c2ccc(Cl)cc2)nc1C(=O)O. The summed E-state index contributed by atoms with van der Waals surface area (Å²) >= 11 is 19.1. The molecule has 1 amide bonds. The Morgan fingerprint density at radius 3 is 2.22 bits per heavy atom. The highest BCUT2D eigenvalue weighted by atomic mass is 35.5. The molecule has 0 fully saturated rings. The summed E-state index contributed by atoms with van der Waals surface area (Å²) in [5.74, 6) is -1.63. The van der Waals surface area contributed by atoms with E-state index in [4.69, 9.17) is 34.8 Å². The molecule has 3 aromatic rings. The number of halogens is 3. The van der Waals surface area contributed by atoms with Crippen LogP contribution in [0.5, 0.6) is 0 Å².